The maximum atomic E-state index is 12.7. The summed E-state index contributed by atoms with van der Waals surface area (Å²) in [5, 5.41) is 5.49. The number of hydrogen-bond acceptors (Lipinski definition) is 4. The normalized spacial score (nSPS) is 16.1. The van der Waals surface area contributed by atoms with E-state index in [4.69, 9.17) is 9.47 Å². The van der Waals surface area contributed by atoms with Crippen LogP contribution in [0.2, 0.25) is 0 Å². The van der Waals surface area contributed by atoms with Crippen LogP contribution in [0.15, 0.2) is 36.4 Å². The highest BCUT2D eigenvalue weighted by Gasteiger charge is 2.33. The van der Waals surface area contributed by atoms with Crippen LogP contribution < -0.4 is 25.0 Å². The number of nitrogens with one attached hydrogen (secondary N) is 2. The van der Waals surface area contributed by atoms with Crippen molar-refractivity contribution >= 4 is 23.3 Å². The van der Waals surface area contributed by atoms with E-state index in [1.54, 1.807) is 30.2 Å². The fourth-order valence-electron chi connectivity index (χ4n) is 3.20. The second-order valence-corrected chi connectivity index (χ2v) is 6.77. The topological polar surface area (TPSA) is 79.9 Å². The summed E-state index contributed by atoms with van der Waals surface area (Å²) in [6, 6.07) is 10.0. The molecule has 1 unspecified atom stereocenters. The van der Waals surface area contributed by atoms with Gasteiger partial charge in [-0.2, -0.15) is 0 Å². The van der Waals surface area contributed by atoms with Crippen LogP contribution in [0.25, 0.3) is 0 Å². The van der Waals surface area contributed by atoms with Crippen molar-refractivity contribution in [3.05, 3.63) is 47.5 Å². The third kappa shape index (κ3) is 4.03. The number of methoxy groups -OCH3 is 2. The molecule has 7 nitrogen and oxygen atoms in total. The predicted molar refractivity (Wildman–Crippen MR) is 108 cm³/mol. The van der Waals surface area contributed by atoms with Crippen molar-refractivity contribution in [2.45, 2.75) is 26.3 Å². The highest BCUT2D eigenvalue weighted by Crippen LogP contribution is 2.30. The fourth-order valence-corrected chi connectivity index (χ4v) is 3.20. The molecular formula is C21H25N3O4. The molecule has 28 heavy (non-hydrogen) atoms. The Hall–Kier alpha value is -3.22. The van der Waals surface area contributed by atoms with Gasteiger partial charge in [0.05, 0.1) is 14.2 Å². The van der Waals surface area contributed by atoms with Gasteiger partial charge in [0.1, 0.15) is 6.04 Å². The summed E-state index contributed by atoms with van der Waals surface area (Å²) in [5.74, 6) is 0.979. The monoisotopic (exact) mass is 383 g/mol. The summed E-state index contributed by atoms with van der Waals surface area (Å²) in [6.07, 6.45) is 0.561. The van der Waals surface area contributed by atoms with Crippen LogP contribution in [-0.4, -0.2) is 38.7 Å². The maximum absolute atomic E-state index is 12.7. The molecule has 1 fully saturated rings. The second kappa shape index (κ2) is 8.21. The number of benzene rings is 2. The largest absolute Gasteiger partial charge is 0.493 e. The predicted octanol–water partition coefficient (Wildman–Crippen LogP) is 3.25. The lowest BCUT2D eigenvalue weighted by Crippen LogP contribution is -2.43. The lowest BCUT2D eigenvalue weighted by atomic mass is 10.1. The molecule has 0 radical (unpaired) electrons. The number of rotatable bonds is 5. The van der Waals surface area contributed by atoms with Crippen molar-refractivity contribution < 1.29 is 19.1 Å². The standard InChI is InChI=1S/C21H25N3O4/c1-13-5-7-16(11-14(13)2)24-10-9-17(20(24)25)23-21(26)22-15-6-8-18(27-3)19(12-15)28-4/h5-8,11-12,17H,9-10H2,1-4H3,(H2,22,23,26). The third-order valence-electron chi connectivity index (χ3n) is 4.95. The Morgan fingerprint density at radius 2 is 1.79 bits per heavy atom. The van der Waals surface area contributed by atoms with Gasteiger partial charge in [-0.3, -0.25) is 4.79 Å². The van der Waals surface area contributed by atoms with Crippen LogP contribution in [0.3, 0.4) is 0 Å². The van der Waals surface area contributed by atoms with Gasteiger partial charge in [0.25, 0.3) is 0 Å². The Labute approximate surface area is 164 Å². The number of anilines is 2. The zero-order chi connectivity index (χ0) is 20.3. The number of nitrogens with zero attached hydrogens (tertiary/aromatic N) is 1. The van der Waals surface area contributed by atoms with Gasteiger partial charge in [-0.15, -0.1) is 0 Å². The van der Waals surface area contributed by atoms with Crippen LogP contribution in [0.5, 0.6) is 11.5 Å². The van der Waals surface area contributed by atoms with Gasteiger partial charge in [0.2, 0.25) is 5.91 Å². The van der Waals surface area contributed by atoms with Crippen molar-refractivity contribution in [3.8, 4) is 11.5 Å². The minimum Gasteiger partial charge on any atom is -0.493 e. The lowest BCUT2D eigenvalue weighted by molar-refractivity contribution is -0.118. The molecule has 3 rings (SSSR count). The van der Waals surface area contributed by atoms with E-state index in [2.05, 4.69) is 10.6 Å². The molecule has 0 aromatic heterocycles. The molecule has 1 heterocycles. The van der Waals surface area contributed by atoms with E-state index in [0.717, 1.165) is 11.3 Å². The molecular weight excluding hydrogens is 358 g/mol. The van der Waals surface area contributed by atoms with Gasteiger partial charge < -0.3 is 25.0 Å². The Bertz CT molecular complexity index is 897. The van der Waals surface area contributed by atoms with Gasteiger partial charge in [-0.05, 0) is 55.7 Å². The number of hydrogen-bond donors (Lipinski definition) is 2. The number of amides is 3. The smallest absolute Gasteiger partial charge is 0.319 e. The van der Waals surface area contributed by atoms with E-state index in [1.807, 2.05) is 32.0 Å². The molecule has 0 spiro atoms. The number of carbonyl (C=O) groups excluding carboxylic acids is 2. The van der Waals surface area contributed by atoms with Crippen molar-refractivity contribution in [2.24, 2.45) is 0 Å². The molecule has 1 atom stereocenters. The molecule has 2 N–H and O–H groups in total. The Morgan fingerprint density at radius 1 is 1.04 bits per heavy atom. The minimum atomic E-state index is -0.554. The second-order valence-electron chi connectivity index (χ2n) is 6.77. The highest BCUT2D eigenvalue weighted by atomic mass is 16.5. The number of carbonyl (C=O) groups is 2. The summed E-state index contributed by atoms with van der Waals surface area (Å²) in [5.41, 5.74) is 3.72. The van der Waals surface area contributed by atoms with Crippen LogP contribution in [-0.2, 0) is 4.79 Å². The molecule has 148 valence electrons. The Kier molecular flexibility index (Phi) is 5.73. The first-order valence-electron chi connectivity index (χ1n) is 9.11. The average molecular weight is 383 g/mol. The molecule has 1 aliphatic rings. The van der Waals surface area contributed by atoms with E-state index < -0.39 is 12.1 Å². The summed E-state index contributed by atoms with van der Waals surface area (Å²) in [4.78, 5) is 26.8. The van der Waals surface area contributed by atoms with E-state index in [1.165, 1.54) is 12.7 Å². The molecule has 2 aromatic carbocycles. The quantitative estimate of drug-likeness (QED) is 0.831. The lowest BCUT2D eigenvalue weighted by Gasteiger charge is -2.18. The number of ether oxygens (including phenoxy) is 2. The average Bonchev–Trinajstić information content (AvgIpc) is 3.04. The van der Waals surface area contributed by atoms with E-state index >= 15 is 0 Å². The Balaban J connectivity index is 1.63. The number of urea groups is 1. The fraction of sp³-hybridized carbons (Fsp3) is 0.333. The SMILES string of the molecule is COc1ccc(NC(=O)NC2CCN(c3ccc(C)c(C)c3)C2=O)cc1OC. The third-order valence-corrected chi connectivity index (χ3v) is 4.95. The Morgan fingerprint density at radius 3 is 2.46 bits per heavy atom. The first-order chi connectivity index (χ1) is 13.4. The molecule has 3 amide bonds. The van der Waals surface area contributed by atoms with Crippen molar-refractivity contribution in [3.63, 3.8) is 0 Å². The molecule has 0 saturated carbocycles. The van der Waals surface area contributed by atoms with Gasteiger partial charge in [-0.25, -0.2) is 4.79 Å². The minimum absolute atomic E-state index is 0.106. The summed E-state index contributed by atoms with van der Waals surface area (Å²) >= 11 is 0. The highest BCUT2D eigenvalue weighted by molar-refractivity contribution is 6.02. The molecule has 1 aliphatic heterocycles. The van der Waals surface area contributed by atoms with Gasteiger partial charge in [0, 0.05) is 24.0 Å². The first kappa shape index (κ1) is 19.5. The van der Waals surface area contributed by atoms with Gasteiger partial charge >= 0.3 is 6.03 Å². The van der Waals surface area contributed by atoms with E-state index in [9.17, 15) is 9.59 Å². The van der Waals surface area contributed by atoms with Crippen molar-refractivity contribution in [2.75, 3.05) is 31.0 Å². The molecule has 2 aromatic rings. The number of aryl methyl sites for hydroxylation is 2. The first-order valence-corrected chi connectivity index (χ1v) is 9.11. The molecule has 1 saturated heterocycles. The summed E-state index contributed by atoms with van der Waals surface area (Å²) in [6.45, 7) is 4.63. The van der Waals surface area contributed by atoms with Crippen LogP contribution in [0.1, 0.15) is 17.5 Å². The zero-order valence-corrected chi connectivity index (χ0v) is 16.5. The van der Waals surface area contributed by atoms with Crippen LogP contribution >= 0.6 is 0 Å². The molecule has 7 heteroatoms. The van der Waals surface area contributed by atoms with E-state index in [-0.39, 0.29) is 5.91 Å². The van der Waals surface area contributed by atoms with Crippen molar-refractivity contribution in [1.82, 2.24) is 5.32 Å². The molecule has 0 bridgehead atoms. The van der Waals surface area contributed by atoms with Crippen LogP contribution in [0, 0.1) is 13.8 Å². The van der Waals surface area contributed by atoms with E-state index in [0.29, 0.717) is 30.2 Å². The maximum Gasteiger partial charge on any atom is 0.319 e. The van der Waals surface area contributed by atoms with Crippen molar-refractivity contribution in [1.29, 1.82) is 0 Å². The van der Waals surface area contributed by atoms with Gasteiger partial charge in [0.15, 0.2) is 11.5 Å². The summed E-state index contributed by atoms with van der Waals surface area (Å²) < 4.78 is 10.4. The summed E-state index contributed by atoms with van der Waals surface area (Å²) in [7, 11) is 3.07. The van der Waals surface area contributed by atoms with Gasteiger partial charge in [-0.1, -0.05) is 6.07 Å². The zero-order valence-electron chi connectivity index (χ0n) is 16.5. The van der Waals surface area contributed by atoms with Crippen LogP contribution in [0.4, 0.5) is 16.2 Å². The molecule has 0 aliphatic carbocycles.